The third kappa shape index (κ3) is 3.58. The van der Waals surface area contributed by atoms with Gasteiger partial charge in [-0.25, -0.2) is 0 Å². The number of rotatable bonds is 3. The molecule has 0 aromatic rings. The van der Waals surface area contributed by atoms with Crippen LogP contribution >= 0.6 is 16.0 Å². The minimum Gasteiger partial charge on any atom is -0.377 e. The smallest absolute Gasteiger partial charge is 0.357 e. The van der Waals surface area contributed by atoms with Gasteiger partial charge in [-0.1, -0.05) is 0 Å². The van der Waals surface area contributed by atoms with Crippen LogP contribution in [-0.2, 0) is 4.57 Å². The molecule has 0 spiro atoms. The number of hydrogen-bond donors (Lipinski definition) is 5. The highest BCUT2D eigenvalue weighted by Gasteiger charge is 2.42. The van der Waals surface area contributed by atoms with Crippen molar-refractivity contribution in [2.24, 2.45) is 0 Å². The highest BCUT2D eigenvalue weighted by molar-refractivity contribution is 7.55. The molecule has 0 aliphatic rings. The molecule has 0 amide bonds. The van der Waals surface area contributed by atoms with E-state index in [1.54, 1.807) is 0 Å². The molecule has 0 saturated heterocycles. The fraction of sp³-hybridized carbons (Fsp3) is 1.00. The van der Waals surface area contributed by atoms with E-state index in [1.165, 1.54) is 0 Å². The SMILES string of the molecule is CC(O)(CP(O)O)P(=O)(O)O. The molecule has 0 aromatic heterocycles. The molecule has 0 aliphatic heterocycles. The fourth-order valence-corrected chi connectivity index (χ4v) is 2.01. The molecule has 0 radical (unpaired) electrons. The van der Waals surface area contributed by atoms with Crippen LogP contribution in [-0.4, -0.2) is 36.2 Å². The fourth-order valence-electron chi connectivity index (χ4n) is 0.360. The molecule has 68 valence electrons. The van der Waals surface area contributed by atoms with Crippen LogP contribution in [0.3, 0.4) is 0 Å². The summed E-state index contributed by atoms with van der Waals surface area (Å²) in [5.41, 5.74) is 0. The van der Waals surface area contributed by atoms with E-state index in [4.69, 9.17) is 24.7 Å². The Morgan fingerprint density at radius 1 is 1.45 bits per heavy atom. The molecule has 8 heteroatoms. The summed E-state index contributed by atoms with van der Waals surface area (Å²) in [5.74, 6) is 0. The molecule has 5 N–H and O–H groups in total. The largest absolute Gasteiger partial charge is 0.377 e. The first kappa shape index (κ1) is 11.5. The van der Waals surface area contributed by atoms with Gasteiger partial charge in [-0.15, -0.1) is 0 Å². The van der Waals surface area contributed by atoms with Gasteiger partial charge in [0, 0.05) is 0 Å². The summed E-state index contributed by atoms with van der Waals surface area (Å²) in [4.78, 5) is 33.6. The van der Waals surface area contributed by atoms with Gasteiger partial charge in [-0.2, -0.15) is 0 Å². The van der Waals surface area contributed by atoms with Crippen molar-refractivity contribution in [1.82, 2.24) is 0 Å². The van der Waals surface area contributed by atoms with Crippen LogP contribution in [0.4, 0.5) is 0 Å². The van der Waals surface area contributed by atoms with Crippen molar-refractivity contribution in [1.29, 1.82) is 0 Å². The van der Waals surface area contributed by atoms with Gasteiger partial charge in [0.15, 0.2) is 13.7 Å². The third-order valence-electron chi connectivity index (χ3n) is 1.07. The molecule has 0 bridgehead atoms. The first-order chi connectivity index (χ1) is 4.67. The zero-order valence-corrected chi connectivity index (χ0v) is 7.53. The normalized spacial score (nSPS) is 18.5. The Hall–Kier alpha value is 0.460. The summed E-state index contributed by atoms with van der Waals surface area (Å²) < 4.78 is 10.4. The van der Waals surface area contributed by atoms with Gasteiger partial charge in [0.25, 0.3) is 0 Å². The lowest BCUT2D eigenvalue weighted by molar-refractivity contribution is 0.127. The van der Waals surface area contributed by atoms with Crippen molar-refractivity contribution in [2.75, 3.05) is 6.16 Å². The van der Waals surface area contributed by atoms with E-state index >= 15 is 0 Å². The maximum atomic E-state index is 10.4. The molecule has 6 nitrogen and oxygen atoms in total. The molecule has 0 heterocycles. The average Bonchev–Trinajstić information content (AvgIpc) is 1.56. The van der Waals surface area contributed by atoms with Crippen molar-refractivity contribution in [3.05, 3.63) is 0 Å². The van der Waals surface area contributed by atoms with E-state index < -0.39 is 27.5 Å². The van der Waals surface area contributed by atoms with Crippen molar-refractivity contribution in [3.8, 4) is 0 Å². The molecule has 1 atom stereocenters. The van der Waals surface area contributed by atoms with Crippen LogP contribution in [0.15, 0.2) is 0 Å². The lowest BCUT2D eigenvalue weighted by atomic mass is 10.5. The zero-order chi connectivity index (χ0) is 9.28. The first-order valence-electron chi connectivity index (χ1n) is 2.60. The van der Waals surface area contributed by atoms with E-state index in [2.05, 4.69) is 0 Å². The number of hydrogen-bond acceptors (Lipinski definition) is 4. The van der Waals surface area contributed by atoms with Gasteiger partial charge in [0.1, 0.15) is 0 Å². The summed E-state index contributed by atoms with van der Waals surface area (Å²) in [6.07, 6.45) is -0.716. The molecular formula is C3H10O6P2. The molecule has 11 heavy (non-hydrogen) atoms. The predicted octanol–water partition coefficient (Wildman–Crippen LogP) is -0.831. The van der Waals surface area contributed by atoms with Crippen molar-refractivity contribution < 1.29 is 29.2 Å². The van der Waals surface area contributed by atoms with Crippen molar-refractivity contribution in [2.45, 2.75) is 12.3 Å². The summed E-state index contributed by atoms with van der Waals surface area (Å²) >= 11 is 0. The molecule has 1 unspecified atom stereocenters. The second-order valence-electron chi connectivity index (χ2n) is 2.29. The van der Waals surface area contributed by atoms with Gasteiger partial charge in [-0.3, -0.25) is 4.57 Å². The summed E-state index contributed by atoms with van der Waals surface area (Å²) in [6.45, 7) is 0.857. The standard InChI is InChI=1S/C3H10O6P2/c1-3(4,2-10(5)6)11(7,8)9/h4-6H,2H2,1H3,(H2,7,8,9). The Labute approximate surface area is 64.6 Å². The quantitative estimate of drug-likeness (QED) is 0.383. The monoisotopic (exact) mass is 204 g/mol. The lowest BCUT2D eigenvalue weighted by Crippen LogP contribution is -2.27. The molecule has 0 fully saturated rings. The van der Waals surface area contributed by atoms with Gasteiger partial charge >= 0.3 is 7.60 Å². The Morgan fingerprint density at radius 3 is 1.91 bits per heavy atom. The lowest BCUT2D eigenvalue weighted by Gasteiger charge is -2.24. The number of aliphatic hydroxyl groups is 1. The molecule has 0 aliphatic carbocycles. The Bertz CT molecular complexity index is 171. The maximum Gasteiger partial charge on any atom is 0.357 e. The second kappa shape index (κ2) is 3.46. The van der Waals surface area contributed by atoms with Crippen LogP contribution < -0.4 is 0 Å². The zero-order valence-electron chi connectivity index (χ0n) is 5.75. The molecule has 0 saturated carbocycles. The minimum atomic E-state index is -4.67. The first-order valence-corrected chi connectivity index (χ1v) is 5.64. The summed E-state index contributed by atoms with van der Waals surface area (Å²) in [6, 6.07) is 0. The summed E-state index contributed by atoms with van der Waals surface area (Å²) in [7, 11) is -7.17. The van der Waals surface area contributed by atoms with Crippen molar-refractivity contribution >= 4 is 16.0 Å². The van der Waals surface area contributed by atoms with E-state index in [0.29, 0.717) is 0 Å². The van der Waals surface area contributed by atoms with E-state index in [0.717, 1.165) is 6.92 Å². The molecule has 0 rings (SSSR count). The summed E-state index contributed by atoms with van der Waals surface area (Å²) in [5, 5.41) is 6.61. The highest BCUT2D eigenvalue weighted by Crippen LogP contribution is 2.52. The van der Waals surface area contributed by atoms with Crippen LogP contribution in [0.5, 0.6) is 0 Å². The van der Waals surface area contributed by atoms with Gasteiger partial charge in [0.05, 0.1) is 6.16 Å². The predicted molar refractivity (Wildman–Crippen MR) is 38.9 cm³/mol. The Kier molecular flexibility index (Phi) is 3.60. The topological polar surface area (TPSA) is 118 Å². The highest BCUT2D eigenvalue weighted by atomic mass is 31.2. The van der Waals surface area contributed by atoms with Gasteiger partial charge in [-0.05, 0) is 6.92 Å². The van der Waals surface area contributed by atoms with Crippen molar-refractivity contribution in [3.63, 3.8) is 0 Å². The van der Waals surface area contributed by atoms with Crippen LogP contribution in [0.25, 0.3) is 0 Å². The van der Waals surface area contributed by atoms with Gasteiger partial charge in [0.2, 0.25) is 0 Å². The van der Waals surface area contributed by atoms with E-state index in [9.17, 15) is 4.57 Å². The average molecular weight is 204 g/mol. The molecular weight excluding hydrogens is 194 g/mol. The minimum absolute atomic E-state index is 0.716. The maximum absolute atomic E-state index is 10.4. The second-order valence-corrected chi connectivity index (χ2v) is 5.40. The van der Waals surface area contributed by atoms with E-state index in [-0.39, 0.29) is 0 Å². The molecule has 0 aromatic carbocycles. The van der Waals surface area contributed by atoms with Gasteiger partial charge < -0.3 is 24.7 Å². The van der Waals surface area contributed by atoms with Crippen LogP contribution in [0.1, 0.15) is 6.92 Å². The third-order valence-corrected chi connectivity index (χ3v) is 3.63. The van der Waals surface area contributed by atoms with Crippen LogP contribution in [0.2, 0.25) is 0 Å². The van der Waals surface area contributed by atoms with E-state index in [1.807, 2.05) is 0 Å². The Morgan fingerprint density at radius 2 is 1.82 bits per heavy atom. The van der Waals surface area contributed by atoms with Crippen LogP contribution in [0, 0.1) is 0 Å². The Balaban J connectivity index is 4.35.